The molecule has 0 saturated heterocycles. The van der Waals surface area contributed by atoms with E-state index in [1.807, 2.05) is 0 Å². The highest BCUT2D eigenvalue weighted by atomic mass is 16.4. The number of carboxylic acids is 1. The zero-order chi connectivity index (χ0) is 17.7. The van der Waals surface area contributed by atoms with Crippen LogP contribution in [0.5, 0.6) is 5.75 Å². The molecule has 5 N–H and O–H groups in total. The lowest BCUT2D eigenvalue weighted by molar-refractivity contribution is -0.139. The summed E-state index contributed by atoms with van der Waals surface area (Å²) < 4.78 is 5.23. The van der Waals surface area contributed by atoms with Crippen molar-refractivity contribution in [2.75, 3.05) is 6.54 Å². The molecule has 0 spiro atoms. The second kappa shape index (κ2) is 7.94. The van der Waals surface area contributed by atoms with Crippen LogP contribution in [-0.2, 0) is 11.3 Å². The molecule has 1 aromatic heterocycles. The van der Waals surface area contributed by atoms with Crippen LogP contribution in [0.4, 0.5) is 0 Å². The van der Waals surface area contributed by atoms with Gasteiger partial charge < -0.3 is 25.7 Å². The quantitative estimate of drug-likeness (QED) is 0.425. The maximum absolute atomic E-state index is 11.6. The van der Waals surface area contributed by atoms with Gasteiger partial charge in [0.25, 0.3) is 0 Å². The molecular formula is C17H22N2O5. The molecule has 24 heavy (non-hydrogen) atoms. The van der Waals surface area contributed by atoms with Crippen molar-refractivity contribution in [3.05, 3.63) is 39.7 Å². The molecule has 2 rings (SSSR count). The highest BCUT2D eigenvalue weighted by Crippen LogP contribution is 2.28. The average molecular weight is 334 g/mol. The monoisotopic (exact) mass is 334 g/mol. The predicted molar refractivity (Wildman–Crippen MR) is 90.1 cm³/mol. The fourth-order valence-corrected chi connectivity index (χ4v) is 2.63. The smallest absolute Gasteiger partial charge is 0.336 e. The number of phenolic OH excluding ortho intramolecular Hbond substituents is 1. The minimum atomic E-state index is -0.968. The number of hydrogen-bond donors (Lipinski definition) is 4. The molecular weight excluding hydrogens is 312 g/mol. The molecule has 2 aromatic rings. The average Bonchev–Trinajstić information content (AvgIpc) is 2.51. The van der Waals surface area contributed by atoms with E-state index in [4.69, 9.17) is 10.2 Å². The van der Waals surface area contributed by atoms with Crippen LogP contribution in [0.3, 0.4) is 0 Å². The molecule has 0 aliphatic rings. The number of carbonyl (C=O) groups is 1. The van der Waals surface area contributed by atoms with Gasteiger partial charge in [-0.05, 0) is 44.0 Å². The lowest BCUT2D eigenvalue weighted by atomic mass is 10.0. The lowest BCUT2D eigenvalue weighted by Gasteiger charge is -2.16. The lowest BCUT2D eigenvalue weighted by Crippen LogP contribution is -2.36. The van der Waals surface area contributed by atoms with Crippen molar-refractivity contribution >= 4 is 16.9 Å². The van der Waals surface area contributed by atoms with Gasteiger partial charge in [0.1, 0.15) is 17.4 Å². The van der Waals surface area contributed by atoms with Crippen molar-refractivity contribution in [2.45, 2.75) is 38.8 Å². The molecule has 0 radical (unpaired) electrons. The highest BCUT2D eigenvalue weighted by molar-refractivity contribution is 5.85. The van der Waals surface area contributed by atoms with Gasteiger partial charge in [0.2, 0.25) is 0 Å². The normalized spacial score (nSPS) is 12.4. The van der Waals surface area contributed by atoms with E-state index in [2.05, 4.69) is 5.32 Å². The maximum Gasteiger partial charge on any atom is 0.336 e. The van der Waals surface area contributed by atoms with Crippen LogP contribution in [0.2, 0.25) is 0 Å². The number of rotatable bonds is 8. The number of nitrogens with two attached hydrogens (primary N) is 1. The Morgan fingerprint density at radius 1 is 1.38 bits per heavy atom. The first-order chi connectivity index (χ1) is 11.4. The Balaban J connectivity index is 2.26. The Bertz CT molecular complexity index is 784. The summed E-state index contributed by atoms with van der Waals surface area (Å²) >= 11 is 0. The zero-order valence-electron chi connectivity index (χ0n) is 13.5. The number of aryl methyl sites for hydroxylation is 1. The van der Waals surface area contributed by atoms with Gasteiger partial charge in [-0.1, -0.05) is 6.42 Å². The summed E-state index contributed by atoms with van der Waals surface area (Å²) in [7, 11) is 0. The summed E-state index contributed by atoms with van der Waals surface area (Å²) in [6.07, 6.45) is 1.87. The first-order valence-corrected chi connectivity index (χ1v) is 7.85. The second-order valence-corrected chi connectivity index (χ2v) is 5.74. The molecule has 7 heteroatoms. The molecule has 0 saturated carbocycles. The van der Waals surface area contributed by atoms with Crippen molar-refractivity contribution in [1.29, 1.82) is 0 Å². The van der Waals surface area contributed by atoms with Crippen LogP contribution in [-0.4, -0.2) is 28.8 Å². The number of hydrogen-bond acceptors (Lipinski definition) is 6. The van der Waals surface area contributed by atoms with E-state index in [1.54, 1.807) is 13.0 Å². The van der Waals surface area contributed by atoms with E-state index in [0.717, 1.165) is 12.0 Å². The van der Waals surface area contributed by atoms with Crippen molar-refractivity contribution in [3.63, 3.8) is 0 Å². The van der Waals surface area contributed by atoms with Gasteiger partial charge in [-0.2, -0.15) is 0 Å². The maximum atomic E-state index is 11.6. The molecule has 0 fully saturated rings. The molecule has 0 aliphatic carbocycles. The van der Waals surface area contributed by atoms with Crippen LogP contribution < -0.4 is 16.7 Å². The SMILES string of the molecule is Cc1cc(=O)oc2c(CN[C@H](CCCCN)C(=O)O)c(O)ccc12. The van der Waals surface area contributed by atoms with Gasteiger partial charge >= 0.3 is 11.6 Å². The third-order valence-electron chi connectivity index (χ3n) is 3.97. The van der Waals surface area contributed by atoms with Gasteiger partial charge in [-0.3, -0.25) is 4.79 Å². The van der Waals surface area contributed by atoms with Crippen LogP contribution >= 0.6 is 0 Å². The fraction of sp³-hybridized carbons (Fsp3) is 0.412. The van der Waals surface area contributed by atoms with Gasteiger partial charge in [0, 0.05) is 18.0 Å². The number of phenols is 1. The second-order valence-electron chi connectivity index (χ2n) is 5.74. The third kappa shape index (κ3) is 4.12. The molecule has 0 unspecified atom stereocenters. The van der Waals surface area contributed by atoms with Gasteiger partial charge in [-0.25, -0.2) is 4.79 Å². The number of aromatic hydroxyl groups is 1. The summed E-state index contributed by atoms with van der Waals surface area (Å²) in [6.45, 7) is 2.37. The standard InChI is InChI=1S/C17H22N2O5/c1-10-8-15(21)24-16-11(10)5-6-14(20)12(16)9-19-13(17(22)23)4-2-3-7-18/h5-6,8,13,19-20H,2-4,7,9,18H2,1H3,(H,22,23)/t13-/m1/s1. The van der Waals surface area contributed by atoms with Crippen molar-refractivity contribution in [1.82, 2.24) is 5.32 Å². The van der Waals surface area contributed by atoms with Crippen molar-refractivity contribution < 1.29 is 19.4 Å². The first kappa shape index (κ1) is 18.0. The predicted octanol–water partition coefficient (Wildman–Crippen LogP) is 1.48. The van der Waals surface area contributed by atoms with E-state index in [0.29, 0.717) is 30.3 Å². The summed E-state index contributed by atoms with van der Waals surface area (Å²) in [5.74, 6) is -1.01. The van der Waals surface area contributed by atoms with Gasteiger partial charge in [0.05, 0.1) is 5.56 Å². The summed E-state index contributed by atoms with van der Waals surface area (Å²) in [5.41, 5.74) is 6.30. The zero-order valence-corrected chi connectivity index (χ0v) is 13.5. The number of aliphatic carboxylic acids is 1. The van der Waals surface area contributed by atoms with Crippen LogP contribution in [0, 0.1) is 6.92 Å². The number of fused-ring (bicyclic) bond motifs is 1. The topological polar surface area (TPSA) is 126 Å². The Morgan fingerprint density at radius 2 is 2.12 bits per heavy atom. The van der Waals surface area contributed by atoms with Gasteiger partial charge in [-0.15, -0.1) is 0 Å². The van der Waals surface area contributed by atoms with Gasteiger partial charge in [0.15, 0.2) is 0 Å². The molecule has 0 aliphatic heterocycles. The number of carboxylic acid groups (broad SMARTS) is 1. The third-order valence-corrected chi connectivity index (χ3v) is 3.97. The highest BCUT2D eigenvalue weighted by Gasteiger charge is 2.19. The number of nitrogens with one attached hydrogen (secondary N) is 1. The van der Waals surface area contributed by atoms with E-state index >= 15 is 0 Å². The van der Waals surface area contributed by atoms with E-state index in [-0.39, 0.29) is 17.9 Å². The minimum absolute atomic E-state index is 0.0464. The number of unbranched alkanes of at least 4 members (excludes halogenated alkanes) is 1. The first-order valence-electron chi connectivity index (χ1n) is 7.85. The Kier molecular flexibility index (Phi) is 5.94. The fourth-order valence-electron chi connectivity index (χ4n) is 2.63. The van der Waals surface area contributed by atoms with E-state index in [1.165, 1.54) is 12.1 Å². The number of benzene rings is 1. The Hall–Kier alpha value is -2.38. The molecule has 1 aromatic carbocycles. The molecule has 1 atom stereocenters. The largest absolute Gasteiger partial charge is 0.507 e. The van der Waals surface area contributed by atoms with Crippen molar-refractivity contribution in [2.24, 2.45) is 5.73 Å². The summed E-state index contributed by atoms with van der Waals surface area (Å²) in [5, 5.41) is 23.0. The van der Waals surface area contributed by atoms with E-state index in [9.17, 15) is 19.8 Å². The van der Waals surface area contributed by atoms with E-state index < -0.39 is 17.6 Å². The molecule has 7 nitrogen and oxygen atoms in total. The van der Waals surface area contributed by atoms with Crippen molar-refractivity contribution in [3.8, 4) is 5.75 Å². The van der Waals surface area contributed by atoms with Crippen LogP contribution in [0.25, 0.3) is 11.0 Å². The van der Waals surface area contributed by atoms with Crippen LogP contribution in [0.1, 0.15) is 30.4 Å². The minimum Gasteiger partial charge on any atom is -0.507 e. The molecule has 0 bridgehead atoms. The summed E-state index contributed by atoms with van der Waals surface area (Å²) in [4.78, 5) is 23.0. The molecule has 1 heterocycles. The Morgan fingerprint density at radius 3 is 2.79 bits per heavy atom. The molecule has 0 amide bonds. The molecule has 130 valence electrons. The summed E-state index contributed by atoms with van der Waals surface area (Å²) in [6, 6.07) is 3.80. The van der Waals surface area contributed by atoms with Crippen LogP contribution in [0.15, 0.2) is 27.4 Å². The Labute approximate surface area is 139 Å².